The van der Waals surface area contributed by atoms with Crippen LogP contribution in [0.15, 0.2) is 47.5 Å². The van der Waals surface area contributed by atoms with Crippen LogP contribution in [-0.4, -0.2) is 25.2 Å². The van der Waals surface area contributed by atoms with Crippen LogP contribution in [0.4, 0.5) is 30.7 Å². The molecule has 10 heteroatoms. The van der Waals surface area contributed by atoms with E-state index in [0.29, 0.717) is 17.7 Å². The zero-order chi connectivity index (χ0) is 22.1. The Hall–Kier alpha value is -2.46. The Labute approximate surface area is 167 Å². The van der Waals surface area contributed by atoms with Crippen molar-refractivity contribution in [1.82, 2.24) is 0 Å². The van der Waals surface area contributed by atoms with Gasteiger partial charge in [0.15, 0.2) is 0 Å². The summed E-state index contributed by atoms with van der Waals surface area (Å²) in [6.07, 6.45) is -12.2. The molecule has 0 N–H and O–H groups in total. The van der Waals surface area contributed by atoms with E-state index in [1.807, 2.05) is 0 Å². The first kappa shape index (κ1) is 22.2. The molecule has 2 aromatic carbocycles. The molecule has 30 heavy (non-hydrogen) atoms. The highest BCUT2D eigenvalue weighted by atomic mass is 19.4. The van der Waals surface area contributed by atoms with E-state index in [4.69, 9.17) is 9.47 Å². The third-order valence-corrected chi connectivity index (χ3v) is 4.41. The number of aliphatic imine (C=N–C) groups is 1. The van der Waals surface area contributed by atoms with Gasteiger partial charge in [0.2, 0.25) is 6.29 Å². The van der Waals surface area contributed by atoms with E-state index in [1.165, 1.54) is 31.2 Å². The molecule has 3 nitrogen and oxygen atoms in total. The van der Waals surface area contributed by atoms with Gasteiger partial charge in [-0.3, -0.25) is 4.99 Å². The number of hydrogen-bond acceptors (Lipinski definition) is 3. The molecule has 0 fully saturated rings. The summed E-state index contributed by atoms with van der Waals surface area (Å²) in [7, 11) is 0. The van der Waals surface area contributed by atoms with Gasteiger partial charge in [0.1, 0.15) is 5.82 Å². The van der Waals surface area contributed by atoms with E-state index in [1.54, 1.807) is 0 Å². The van der Waals surface area contributed by atoms with Crippen LogP contribution >= 0.6 is 0 Å². The molecule has 1 aliphatic heterocycles. The highest BCUT2D eigenvalue weighted by Crippen LogP contribution is 2.38. The zero-order valence-electron chi connectivity index (χ0n) is 15.5. The highest BCUT2D eigenvalue weighted by Gasteiger charge is 2.37. The summed E-state index contributed by atoms with van der Waals surface area (Å²) in [6.45, 7) is 1.75. The summed E-state index contributed by atoms with van der Waals surface area (Å²) in [5, 5.41) is 0. The SMILES string of the molecule is C[C@@H](O[C@H]1OCCN=C1c1ccc(F)cc1)c1cc(C(F)(F)F)cc(C(F)(F)F)c1. The number of nitrogens with zero attached hydrogens (tertiary/aromatic N) is 1. The van der Waals surface area contributed by atoms with E-state index in [9.17, 15) is 30.7 Å². The maximum atomic E-state index is 13.2. The smallest absolute Gasteiger partial charge is 0.345 e. The van der Waals surface area contributed by atoms with Crippen LogP contribution < -0.4 is 0 Å². The van der Waals surface area contributed by atoms with Gasteiger partial charge >= 0.3 is 12.4 Å². The van der Waals surface area contributed by atoms with Crippen molar-refractivity contribution in [2.75, 3.05) is 13.2 Å². The number of rotatable bonds is 4. The Morgan fingerprint density at radius 1 is 0.967 bits per heavy atom. The Balaban J connectivity index is 1.90. The Morgan fingerprint density at radius 2 is 1.53 bits per heavy atom. The monoisotopic (exact) mass is 435 g/mol. The summed E-state index contributed by atoms with van der Waals surface area (Å²) in [6, 6.07) is 6.50. The Bertz CT molecular complexity index is 888. The first-order valence-corrected chi connectivity index (χ1v) is 8.82. The average Bonchev–Trinajstić information content (AvgIpc) is 2.67. The predicted molar refractivity (Wildman–Crippen MR) is 93.5 cm³/mol. The number of alkyl halides is 6. The van der Waals surface area contributed by atoms with Gasteiger partial charge in [0.05, 0.1) is 36.1 Å². The summed E-state index contributed by atoms with van der Waals surface area (Å²) in [5.74, 6) is -0.481. The van der Waals surface area contributed by atoms with Gasteiger partial charge in [-0.05, 0) is 42.8 Å². The van der Waals surface area contributed by atoms with Crippen LogP contribution in [-0.2, 0) is 21.8 Å². The third-order valence-electron chi connectivity index (χ3n) is 4.41. The number of benzene rings is 2. The summed E-state index contributed by atoms with van der Waals surface area (Å²) >= 11 is 0. The summed E-state index contributed by atoms with van der Waals surface area (Å²) in [4.78, 5) is 4.26. The lowest BCUT2D eigenvalue weighted by atomic mass is 10.0. The first-order valence-electron chi connectivity index (χ1n) is 8.82. The molecule has 0 aliphatic carbocycles. The molecule has 0 bridgehead atoms. The summed E-state index contributed by atoms with van der Waals surface area (Å²) < 4.78 is 103. The van der Waals surface area contributed by atoms with Gasteiger partial charge in [-0.15, -0.1) is 0 Å². The lowest BCUT2D eigenvalue weighted by Crippen LogP contribution is -2.34. The fraction of sp³-hybridized carbons (Fsp3) is 0.350. The van der Waals surface area contributed by atoms with Crippen LogP contribution in [0, 0.1) is 5.82 Å². The minimum absolute atomic E-state index is 0.0543. The van der Waals surface area contributed by atoms with Crippen LogP contribution in [0.2, 0.25) is 0 Å². The van der Waals surface area contributed by atoms with Crippen molar-refractivity contribution >= 4 is 5.71 Å². The van der Waals surface area contributed by atoms with E-state index in [0.717, 1.165) is 0 Å². The second kappa shape index (κ2) is 8.35. The van der Waals surface area contributed by atoms with Gasteiger partial charge in [0.25, 0.3) is 0 Å². The maximum Gasteiger partial charge on any atom is 0.416 e. The molecule has 0 saturated heterocycles. The van der Waals surface area contributed by atoms with Crippen molar-refractivity contribution in [2.45, 2.75) is 31.7 Å². The van der Waals surface area contributed by atoms with E-state index in [-0.39, 0.29) is 30.5 Å². The second-order valence-electron chi connectivity index (χ2n) is 6.59. The van der Waals surface area contributed by atoms with Crippen LogP contribution in [0.5, 0.6) is 0 Å². The number of hydrogen-bond donors (Lipinski definition) is 0. The van der Waals surface area contributed by atoms with Crippen LogP contribution in [0.25, 0.3) is 0 Å². The highest BCUT2D eigenvalue weighted by molar-refractivity contribution is 6.03. The van der Waals surface area contributed by atoms with Crippen LogP contribution in [0.3, 0.4) is 0 Å². The van der Waals surface area contributed by atoms with Crippen LogP contribution in [0.1, 0.15) is 35.3 Å². The molecule has 0 aromatic heterocycles. The molecule has 162 valence electrons. The normalized spacial score (nSPS) is 18.8. The minimum Gasteiger partial charge on any atom is -0.345 e. The fourth-order valence-corrected chi connectivity index (χ4v) is 2.91. The Kier molecular flexibility index (Phi) is 6.19. The number of ether oxygens (including phenoxy) is 2. The van der Waals surface area contributed by atoms with Gasteiger partial charge in [-0.1, -0.05) is 12.1 Å². The molecule has 1 aliphatic rings. The van der Waals surface area contributed by atoms with Crippen molar-refractivity contribution in [2.24, 2.45) is 4.99 Å². The van der Waals surface area contributed by atoms with Crippen molar-refractivity contribution in [3.8, 4) is 0 Å². The largest absolute Gasteiger partial charge is 0.416 e. The van der Waals surface area contributed by atoms with Crippen molar-refractivity contribution in [3.05, 3.63) is 70.5 Å². The quantitative estimate of drug-likeness (QED) is 0.570. The Morgan fingerprint density at radius 3 is 2.07 bits per heavy atom. The molecule has 0 amide bonds. The van der Waals surface area contributed by atoms with Crippen molar-refractivity contribution < 1.29 is 40.2 Å². The van der Waals surface area contributed by atoms with E-state index >= 15 is 0 Å². The van der Waals surface area contributed by atoms with E-state index < -0.39 is 41.7 Å². The zero-order valence-corrected chi connectivity index (χ0v) is 15.5. The maximum absolute atomic E-state index is 13.2. The second-order valence-corrected chi connectivity index (χ2v) is 6.59. The van der Waals surface area contributed by atoms with E-state index in [2.05, 4.69) is 4.99 Å². The predicted octanol–water partition coefficient (Wildman–Crippen LogP) is 5.79. The average molecular weight is 435 g/mol. The van der Waals surface area contributed by atoms with Crippen molar-refractivity contribution in [1.29, 1.82) is 0 Å². The molecule has 3 rings (SSSR count). The standard InChI is InChI=1S/C20H16F7NO2/c1-11(13-8-14(19(22,23)24)10-15(9-13)20(25,26)27)30-18-17(28-6-7-29-18)12-2-4-16(21)5-3-12/h2-5,8-11,18H,6-7H2,1H3/t11-,18-/m1/s1. The van der Waals surface area contributed by atoms with Gasteiger partial charge < -0.3 is 9.47 Å². The third kappa shape index (κ3) is 5.17. The summed E-state index contributed by atoms with van der Waals surface area (Å²) in [5.41, 5.74) is -2.44. The molecule has 1 heterocycles. The minimum atomic E-state index is -4.96. The fourth-order valence-electron chi connectivity index (χ4n) is 2.91. The molecule has 0 saturated carbocycles. The van der Waals surface area contributed by atoms with Gasteiger partial charge in [-0.2, -0.15) is 26.3 Å². The first-order chi connectivity index (χ1) is 13.9. The molecule has 2 aromatic rings. The lowest BCUT2D eigenvalue weighted by molar-refractivity contribution is -0.144. The number of halogens is 7. The van der Waals surface area contributed by atoms with Gasteiger partial charge in [0, 0.05) is 5.56 Å². The lowest BCUT2D eigenvalue weighted by Gasteiger charge is -2.28. The van der Waals surface area contributed by atoms with Crippen molar-refractivity contribution in [3.63, 3.8) is 0 Å². The molecular weight excluding hydrogens is 419 g/mol. The molecule has 0 unspecified atom stereocenters. The molecule has 0 radical (unpaired) electrons. The molecular formula is C20H16F7NO2. The molecule has 0 spiro atoms. The topological polar surface area (TPSA) is 30.8 Å². The molecule has 2 atom stereocenters. The van der Waals surface area contributed by atoms with Gasteiger partial charge in [-0.25, -0.2) is 4.39 Å².